The molecule has 1 N–H and O–H groups in total. The standard InChI is InChI=1S/C38H60O3S2/c1-3-5-7-9-10-11-12-13-14-15-16-17-19-21-33-42-36-29-25-34(26-30-36)23-24-35-27-31-37(32-28-35)43(40,41)38(39)22-20-18-8-6-4-2/h23-32,38-39H,3-22,33H2,1-2H3. The molecular formula is C38H60O3S2. The number of aliphatic hydroxyl groups is 1. The number of hydrogen-bond acceptors (Lipinski definition) is 4. The van der Waals surface area contributed by atoms with Gasteiger partial charge in [0, 0.05) is 4.90 Å². The van der Waals surface area contributed by atoms with E-state index in [4.69, 9.17) is 0 Å². The average molecular weight is 629 g/mol. The van der Waals surface area contributed by atoms with Crippen LogP contribution in [0.25, 0.3) is 12.2 Å². The third-order valence-corrected chi connectivity index (χ3v) is 11.2. The van der Waals surface area contributed by atoms with Crippen LogP contribution < -0.4 is 0 Å². The van der Waals surface area contributed by atoms with Crippen molar-refractivity contribution in [2.45, 2.75) is 157 Å². The first-order chi connectivity index (χ1) is 21.0. The Balaban J connectivity index is 1.59. The van der Waals surface area contributed by atoms with Crippen molar-refractivity contribution in [1.29, 1.82) is 0 Å². The molecule has 2 aromatic rings. The summed E-state index contributed by atoms with van der Waals surface area (Å²) < 4.78 is 25.5. The lowest BCUT2D eigenvalue weighted by Crippen LogP contribution is -2.20. The van der Waals surface area contributed by atoms with Gasteiger partial charge in [-0.25, -0.2) is 8.42 Å². The van der Waals surface area contributed by atoms with Gasteiger partial charge in [-0.2, -0.15) is 0 Å². The van der Waals surface area contributed by atoms with Crippen LogP contribution >= 0.6 is 11.8 Å². The highest BCUT2D eigenvalue weighted by molar-refractivity contribution is 7.99. The predicted molar refractivity (Wildman–Crippen MR) is 189 cm³/mol. The first-order valence-corrected chi connectivity index (χ1v) is 19.9. The zero-order chi connectivity index (χ0) is 31.0. The maximum Gasteiger partial charge on any atom is 0.204 e. The van der Waals surface area contributed by atoms with E-state index < -0.39 is 15.3 Å². The summed E-state index contributed by atoms with van der Waals surface area (Å²) in [5.74, 6) is 1.18. The number of aliphatic hydroxyl groups excluding tert-OH is 1. The Hall–Kier alpha value is -1.56. The van der Waals surface area contributed by atoms with Gasteiger partial charge in [0.1, 0.15) is 0 Å². The molecule has 0 aromatic heterocycles. The van der Waals surface area contributed by atoms with Gasteiger partial charge < -0.3 is 5.11 Å². The van der Waals surface area contributed by atoms with Gasteiger partial charge in [0.15, 0.2) is 5.44 Å². The van der Waals surface area contributed by atoms with E-state index in [2.05, 4.69) is 44.2 Å². The molecule has 5 heteroatoms. The fourth-order valence-corrected chi connectivity index (χ4v) is 7.58. The fourth-order valence-electron chi connectivity index (χ4n) is 5.36. The quantitative estimate of drug-likeness (QED) is 0.0640. The summed E-state index contributed by atoms with van der Waals surface area (Å²) >= 11 is 1.94. The van der Waals surface area contributed by atoms with Gasteiger partial charge in [-0.1, -0.05) is 159 Å². The smallest absolute Gasteiger partial charge is 0.204 e. The Morgan fingerprint density at radius 2 is 0.977 bits per heavy atom. The second kappa shape index (κ2) is 23.8. The molecule has 0 saturated heterocycles. The van der Waals surface area contributed by atoms with Crippen LogP contribution in [0.1, 0.15) is 153 Å². The summed E-state index contributed by atoms with van der Waals surface area (Å²) in [5, 5.41) is 10.3. The van der Waals surface area contributed by atoms with E-state index >= 15 is 0 Å². The minimum absolute atomic E-state index is 0.186. The molecular weight excluding hydrogens is 569 g/mol. The van der Waals surface area contributed by atoms with E-state index in [-0.39, 0.29) is 4.90 Å². The van der Waals surface area contributed by atoms with Crippen LogP contribution in [0.3, 0.4) is 0 Å². The van der Waals surface area contributed by atoms with Crippen molar-refractivity contribution in [3.8, 4) is 0 Å². The summed E-state index contributed by atoms with van der Waals surface area (Å²) in [6.45, 7) is 4.43. The largest absolute Gasteiger partial charge is 0.377 e. The summed E-state index contributed by atoms with van der Waals surface area (Å²) in [4.78, 5) is 1.50. The third-order valence-electron chi connectivity index (χ3n) is 8.24. The monoisotopic (exact) mass is 628 g/mol. The zero-order valence-electron chi connectivity index (χ0n) is 27.3. The van der Waals surface area contributed by atoms with Gasteiger partial charge in [0.2, 0.25) is 9.84 Å². The fraction of sp³-hybridized carbons (Fsp3) is 0.632. The van der Waals surface area contributed by atoms with E-state index in [1.807, 2.05) is 17.8 Å². The van der Waals surface area contributed by atoms with Crippen LogP contribution in [-0.4, -0.2) is 24.7 Å². The van der Waals surface area contributed by atoms with Gasteiger partial charge in [0.05, 0.1) is 4.90 Å². The van der Waals surface area contributed by atoms with Gasteiger partial charge in [-0.3, -0.25) is 0 Å². The number of thioether (sulfide) groups is 1. The van der Waals surface area contributed by atoms with Crippen molar-refractivity contribution in [2.75, 3.05) is 5.75 Å². The highest BCUT2D eigenvalue weighted by Gasteiger charge is 2.24. The van der Waals surface area contributed by atoms with Crippen molar-refractivity contribution in [2.24, 2.45) is 0 Å². The molecule has 242 valence electrons. The van der Waals surface area contributed by atoms with Gasteiger partial charge >= 0.3 is 0 Å². The van der Waals surface area contributed by atoms with E-state index in [9.17, 15) is 13.5 Å². The molecule has 2 rings (SSSR count). The lowest BCUT2D eigenvalue weighted by atomic mass is 10.0. The minimum atomic E-state index is -3.71. The number of hydrogen-bond donors (Lipinski definition) is 1. The summed E-state index contributed by atoms with van der Waals surface area (Å²) in [7, 11) is -3.71. The SMILES string of the molecule is CCCCCCCCCCCCCCCCSc1ccc(C=Cc2ccc(S(=O)(=O)C(O)CCCCCCC)cc2)cc1. The Labute approximate surface area is 269 Å². The van der Waals surface area contributed by atoms with Crippen LogP contribution in [0.15, 0.2) is 58.3 Å². The minimum Gasteiger partial charge on any atom is -0.377 e. The molecule has 0 bridgehead atoms. The van der Waals surface area contributed by atoms with E-state index in [1.54, 1.807) is 24.3 Å². The Kier molecular flexibility index (Phi) is 20.8. The number of benzene rings is 2. The first-order valence-electron chi connectivity index (χ1n) is 17.4. The van der Waals surface area contributed by atoms with Crippen LogP contribution in [0.2, 0.25) is 0 Å². The van der Waals surface area contributed by atoms with E-state index in [0.717, 1.165) is 43.2 Å². The maximum atomic E-state index is 12.7. The Bertz CT molecular complexity index is 1080. The van der Waals surface area contributed by atoms with Crippen LogP contribution in [0.4, 0.5) is 0 Å². The van der Waals surface area contributed by atoms with Crippen molar-refractivity contribution >= 4 is 33.8 Å². The molecule has 1 unspecified atom stereocenters. The van der Waals surface area contributed by atoms with Crippen LogP contribution in [0, 0.1) is 0 Å². The third kappa shape index (κ3) is 16.9. The number of rotatable bonds is 26. The van der Waals surface area contributed by atoms with Crippen molar-refractivity contribution in [3.63, 3.8) is 0 Å². The molecule has 0 spiro atoms. The molecule has 0 radical (unpaired) electrons. The number of sulfone groups is 1. The van der Waals surface area contributed by atoms with Crippen molar-refractivity contribution in [3.05, 3.63) is 59.7 Å². The first kappa shape index (κ1) is 37.6. The van der Waals surface area contributed by atoms with E-state index in [0.29, 0.717) is 6.42 Å². The molecule has 0 fully saturated rings. The summed E-state index contributed by atoms with van der Waals surface area (Å²) in [5.41, 5.74) is 0.724. The molecule has 0 aliphatic heterocycles. The molecule has 0 heterocycles. The second-order valence-electron chi connectivity index (χ2n) is 12.1. The van der Waals surface area contributed by atoms with Crippen LogP contribution in [-0.2, 0) is 9.84 Å². The molecule has 2 aromatic carbocycles. The predicted octanol–water partition coefficient (Wildman–Crippen LogP) is 11.9. The van der Waals surface area contributed by atoms with Gasteiger partial charge in [-0.15, -0.1) is 11.8 Å². The molecule has 0 aliphatic rings. The lowest BCUT2D eigenvalue weighted by molar-refractivity contribution is 0.233. The van der Waals surface area contributed by atoms with E-state index in [1.165, 1.54) is 101 Å². The Morgan fingerprint density at radius 3 is 1.44 bits per heavy atom. The molecule has 43 heavy (non-hydrogen) atoms. The van der Waals surface area contributed by atoms with Crippen molar-refractivity contribution < 1.29 is 13.5 Å². The topological polar surface area (TPSA) is 54.4 Å². The maximum absolute atomic E-state index is 12.7. The highest BCUT2D eigenvalue weighted by Crippen LogP contribution is 2.23. The van der Waals surface area contributed by atoms with Gasteiger partial charge in [-0.05, 0) is 60.4 Å². The molecule has 0 amide bonds. The van der Waals surface area contributed by atoms with Crippen molar-refractivity contribution in [1.82, 2.24) is 0 Å². The average Bonchev–Trinajstić information content (AvgIpc) is 3.02. The second-order valence-corrected chi connectivity index (χ2v) is 15.4. The Morgan fingerprint density at radius 1 is 0.581 bits per heavy atom. The summed E-state index contributed by atoms with van der Waals surface area (Å²) in [6, 6.07) is 15.5. The molecule has 0 aliphatic carbocycles. The van der Waals surface area contributed by atoms with Gasteiger partial charge in [0.25, 0.3) is 0 Å². The lowest BCUT2D eigenvalue weighted by Gasteiger charge is -2.12. The molecule has 3 nitrogen and oxygen atoms in total. The molecule has 0 saturated carbocycles. The summed E-state index contributed by atoms with van der Waals surface area (Å²) in [6.07, 6.45) is 29.0. The number of unbranched alkanes of at least 4 members (excludes halogenated alkanes) is 17. The zero-order valence-corrected chi connectivity index (χ0v) is 28.9. The normalized spacial score (nSPS) is 12.7. The molecule has 1 atom stereocenters. The highest BCUT2D eigenvalue weighted by atomic mass is 32.2. The van der Waals surface area contributed by atoms with Crippen LogP contribution in [0.5, 0.6) is 0 Å².